The van der Waals surface area contributed by atoms with E-state index in [-0.39, 0.29) is 0 Å². The first kappa shape index (κ1) is 6.63. The maximum Gasteiger partial charge on any atom is 0.164 e. The van der Waals surface area contributed by atoms with Crippen LogP contribution in [0.5, 0.6) is 0 Å². The number of sulfone groups is 1. The summed E-state index contributed by atoms with van der Waals surface area (Å²) in [6, 6.07) is 0. The highest BCUT2D eigenvalue weighted by molar-refractivity contribution is 7.92. The molecule has 50 valence electrons. The van der Waals surface area contributed by atoms with Crippen molar-refractivity contribution in [3.05, 3.63) is 0 Å². The first-order valence-corrected chi connectivity index (χ1v) is 4.58. The molecule has 1 saturated carbocycles. The molecule has 0 unspecified atom stereocenters. The molecule has 0 atom stereocenters. The molecule has 1 aliphatic carbocycles. The van der Waals surface area contributed by atoms with E-state index in [4.69, 9.17) is 6.42 Å². The zero-order valence-corrected chi connectivity index (χ0v) is 6.03. The summed E-state index contributed by atoms with van der Waals surface area (Å²) < 4.78 is 20.8. The molecule has 9 heavy (non-hydrogen) atoms. The predicted molar refractivity (Wildman–Crippen MR) is 35.6 cm³/mol. The maximum atomic E-state index is 10.8. The van der Waals surface area contributed by atoms with Gasteiger partial charge < -0.3 is 0 Å². The summed E-state index contributed by atoms with van der Waals surface area (Å²) in [6.45, 7) is 0. The van der Waals surface area contributed by atoms with Crippen LogP contribution in [0.25, 0.3) is 0 Å². The lowest BCUT2D eigenvalue weighted by Gasteiger charge is -2.00. The second-order valence-electron chi connectivity index (χ2n) is 2.41. The summed E-state index contributed by atoms with van der Waals surface area (Å²) in [5.74, 6) is 2.30. The molecule has 0 bridgehead atoms. The standard InChI is InChI=1S/C6H8O2S/c1-3-6(4-5-6)9(2,7)8/h1H,4-5H2,2H3. The summed E-state index contributed by atoms with van der Waals surface area (Å²) in [5, 5.41) is 0. The molecule has 0 aromatic heterocycles. The average molecular weight is 144 g/mol. The van der Waals surface area contributed by atoms with Crippen molar-refractivity contribution >= 4 is 9.84 Å². The molecule has 2 nitrogen and oxygen atoms in total. The van der Waals surface area contributed by atoms with Gasteiger partial charge in [-0.15, -0.1) is 6.42 Å². The van der Waals surface area contributed by atoms with Gasteiger partial charge in [-0.2, -0.15) is 0 Å². The fraction of sp³-hybridized carbons (Fsp3) is 0.667. The zero-order valence-electron chi connectivity index (χ0n) is 5.22. The molecule has 0 saturated heterocycles. The molecule has 0 spiro atoms. The number of rotatable bonds is 1. The number of hydrogen-bond donors (Lipinski definition) is 0. The van der Waals surface area contributed by atoms with Crippen molar-refractivity contribution in [3.63, 3.8) is 0 Å². The predicted octanol–water partition coefficient (Wildman–Crippen LogP) is 0.197. The summed E-state index contributed by atoms with van der Waals surface area (Å²) in [5.41, 5.74) is 0. The van der Waals surface area contributed by atoms with Gasteiger partial charge in [0.15, 0.2) is 9.84 Å². The van der Waals surface area contributed by atoms with E-state index in [1.807, 2.05) is 0 Å². The van der Waals surface area contributed by atoms with Gasteiger partial charge in [0.2, 0.25) is 0 Å². The monoisotopic (exact) mass is 144 g/mol. The second-order valence-corrected chi connectivity index (χ2v) is 4.74. The highest BCUT2D eigenvalue weighted by Gasteiger charge is 2.50. The van der Waals surface area contributed by atoms with E-state index < -0.39 is 14.6 Å². The van der Waals surface area contributed by atoms with E-state index in [0.29, 0.717) is 12.8 Å². The third kappa shape index (κ3) is 0.836. The Morgan fingerprint density at radius 3 is 2.00 bits per heavy atom. The molecule has 0 aromatic carbocycles. The molecule has 0 N–H and O–H groups in total. The Hall–Kier alpha value is -0.490. The molecular weight excluding hydrogens is 136 g/mol. The van der Waals surface area contributed by atoms with Gasteiger partial charge in [0, 0.05) is 6.26 Å². The zero-order chi connectivity index (χ0) is 7.12. The molecule has 0 amide bonds. The third-order valence-corrected chi connectivity index (χ3v) is 3.62. The van der Waals surface area contributed by atoms with Crippen LogP contribution in [0.15, 0.2) is 0 Å². The van der Waals surface area contributed by atoms with Gasteiger partial charge in [-0.25, -0.2) is 8.42 Å². The van der Waals surface area contributed by atoms with Gasteiger partial charge in [0.1, 0.15) is 4.75 Å². The maximum absolute atomic E-state index is 10.8. The first-order chi connectivity index (χ1) is 4.02. The Balaban J connectivity index is 3.02. The highest BCUT2D eigenvalue weighted by Crippen LogP contribution is 2.41. The fourth-order valence-corrected chi connectivity index (χ4v) is 1.79. The minimum absolute atomic E-state index is 0.641. The van der Waals surface area contributed by atoms with Crippen LogP contribution in [-0.4, -0.2) is 19.4 Å². The third-order valence-electron chi connectivity index (χ3n) is 1.68. The van der Waals surface area contributed by atoms with Gasteiger partial charge in [-0.1, -0.05) is 5.92 Å². The van der Waals surface area contributed by atoms with Crippen LogP contribution in [0.1, 0.15) is 12.8 Å². The van der Waals surface area contributed by atoms with Crippen molar-refractivity contribution in [1.82, 2.24) is 0 Å². The van der Waals surface area contributed by atoms with Gasteiger partial charge in [-0.3, -0.25) is 0 Å². The van der Waals surface area contributed by atoms with E-state index in [0.717, 1.165) is 0 Å². The van der Waals surface area contributed by atoms with Crippen molar-refractivity contribution in [2.24, 2.45) is 0 Å². The SMILES string of the molecule is C#CC1(S(C)(=O)=O)CC1. The van der Waals surface area contributed by atoms with E-state index in [2.05, 4.69) is 5.92 Å². The van der Waals surface area contributed by atoms with Crippen molar-refractivity contribution < 1.29 is 8.42 Å². The van der Waals surface area contributed by atoms with Gasteiger partial charge >= 0.3 is 0 Å². The van der Waals surface area contributed by atoms with Crippen LogP contribution in [0.4, 0.5) is 0 Å². The number of hydrogen-bond acceptors (Lipinski definition) is 2. The molecule has 0 heterocycles. The Bertz CT molecular complexity index is 251. The first-order valence-electron chi connectivity index (χ1n) is 2.69. The topological polar surface area (TPSA) is 34.1 Å². The molecule has 1 rings (SSSR count). The van der Waals surface area contributed by atoms with E-state index in [1.165, 1.54) is 6.26 Å². The molecule has 0 aromatic rings. The minimum Gasteiger partial charge on any atom is -0.228 e. The van der Waals surface area contributed by atoms with E-state index in [1.54, 1.807) is 0 Å². The molecule has 1 aliphatic rings. The van der Waals surface area contributed by atoms with E-state index >= 15 is 0 Å². The van der Waals surface area contributed by atoms with Gasteiger partial charge in [0.05, 0.1) is 0 Å². The lowest BCUT2D eigenvalue weighted by atomic mass is 10.4. The summed E-state index contributed by atoms with van der Waals surface area (Å²) >= 11 is 0. The van der Waals surface area contributed by atoms with Crippen LogP contribution in [-0.2, 0) is 9.84 Å². The van der Waals surface area contributed by atoms with Crippen molar-refractivity contribution in [3.8, 4) is 12.3 Å². The van der Waals surface area contributed by atoms with Gasteiger partial charge in [-0.05, 0) is 12.8 Å². The molecule has 3 heteroatoms. The van der Waals surface area contributed by atoms with Crippen LogP contribution in [0.3, 0.4) is 0 Å². The molecule has 0 aliphatic heterocycles. The smallest absolute Gasteiger partial charge is 0.164 e. The molecule has 0 radical (unpaired) electrons. The van der Waals surface area contributed by atoms with Gasteiger partial charge in [0.25, 0.3) is 0 Å². The summed E-state index contributed by atoms with van der Waals surface area (Å²) in [7, 11) is -2.98. The molecule has 1 fully saturated rings. The fourth-order valence-electron chi connectivity index (χ4n) is 0.736. The lowest BCUT2D eigenvalue weighted by Crippen LogP contribution is -2.18. The normalized spacial score (nSPS) is 22.7. The van der Waals surface area contributed by atoms with Crippen LogP contribution in [0, 0.1) is 12.3 Å². The van der Waals surface area contributed by atoms with E-state index in [9.17, 15) is 8.42 Å². The van der Waals surface area contributed by atoms with Crippen LogP contribution < -0.4 is 0 Å². The average Bonchev–Trinajstić information content (AvgIpc) is 2.40. The van der Waals surface area contributed by atoms with Crippen molar-refractivity contribution in [1.29, 1.82) is 0 Å². The molecular formula is C6H8O2S. The summed E-state index contributed by atoms with van der Waals surface area (Å²) in [4.78, 5) is 0. The summed E-state index contributed by atoms with van der Waals surface area (Å²) in [6.07, 6.45) is 7.50. The van der Waals surface area contributed by atoms with Crippen molar-refractivity contribution in [2.45, 2.75) is 17.6 Å². The Labute approximate surface area is 55.2 Å². The second kappa shape index (κ2) is 1.51. The van der Waals surface area contributed by atoms with Crippen LogP contribution in [0.2, 0.25) is 0 Å². The van der Waals surface area contributed by atoms with Crippen molar-refractivity contribution in [2.75, 3.05) is 6.26 Å². The quantitative estimate of drug-likeness (QED) is 0.492. The van der Waals surface area contributed by atoms with Crippen LogP contribution >= 0.6 is 0 Å². The largest absolute Gasteiger partial charge is 0.228 e. The minimum atomic E-state index is -2.98. The lowest BCUT2D eigenvalue weighted by molar-refractivity contribution is 0.594. The highest BCUT2D eigenvalue weighted by atomic mass is 32.2. The Morgan fingerprint density at radius 2 is 2.00 bits per heavy atom. The Kier molecular flexibility index (Phi) is 1.11. The number of terminal acetylenes is 1. The Morgan fingerprint density at radius 1 is 1.56 bits per heavy atom.